The van der Waals surface area contributed by atoms with Gasteiger partial charge in [0, 0.05) is 26.7 Å². The second-order valence-corrected chi connectivity index (χ2v) is 8.95. The predicted molar refractivity (Wildman–Crippen MR) is 120 cm³/mol. The van der Waals surface area contributed by atoms with E-state index in [1.807, 2.05) is 13.8 Å². The van der Waals surface area contributed by atoms with Gasteiger partial charge in [0.25, 0.3) is 5.91 Å². The lowest BCUT2D eigenvalue weighted by atomic mass is 9.98. The van der Waals surface area contributed by atoms with Gasteiger partial charge in [0.05, 0.1) is 12.8 Å². The number of furan rings is 1. The highest BCUT2D eigenvalue weighted by molar-refractivity contribution is 5.95. The third-order valence-corrected chi connectivity index (χ3v) is 5.89. The zero-order valence-corrected chi connectivity index (χ0v) is 19.4. The molecule has 1 aromatic rings. The van der Waals surface area contributed by atoms with E-state index in [1.54, 1.807) is 24.1 Å². The van der Waals surface area contributed by atoms with Crippen molar-refractivity contribution in [2.45, 2.75) is 39.2 Å². The largest absolute Gasteiger partial charge is 0.459 e. The first-order chi connectivity index (χ1) is 14.8. The van der Waals surface area contributed by atoms with Gasteiger partial charge in [0.15, 0.2) is 5.76 Å². The van der Waals surface area contributed by atoms with E-state index in [-0.39, 0.29) is 30.0 Å². The number of aldehydes is 1. The second kappa shape index (κ2) is 12.6. The van der Waals surface area contributed by atoms with Gasteiger partial charge in [-0.05, 0) is 63.4 Å². The summed E-state index contributed by atoms with van der Waals surface area (Å²) in [6, 6.07) is 2.60. The van der Waals surface area contributed by atoms with Gasteiger partial charge in [0.2, 0.25) is 5.91 Å². The molecule has 0 saturated carbocycles. The number of likely N-dealkylation sites (N-methyl/N-ethyl adjacent to an activating group) is 2. The molecule has 1 unspecified atom stereocenters. The summed E-state index contributed by atoms with van der Waals surface area (Å²) in [5.41, 5.74) is 0. The van der Waals surface area contributed by atoms with Crippen LogP contribution in [0.1, 0.15) is 43.7 Å². The quantitative estimate of drug-likeness (QED) is 0.504. The maximum Gasteiger partial charge on any atom is 0.289 e. The summed E-state index contributed by atoms with van der Waals surface area (Å²) in [6.45, 7) is 8.30. The van der Waals surface area contributed by atoms with E-state index < -0.39 is 6.04 Å². The highest BCUT2D eigenvalue weighted by Gasteiger charge is 2.32. The molecular formula is C23H38N4O4. The summed E-state index contributed by atoms with van der Waals surface area (Å²) in [4.78, 5) is 42.7. The van der Waals surface area contributed by atoms with Crippen LogP contribution in [0.3, 0.4) is 0 Å². The van der Waals surface area contributed by atoms with E-state index in [2.05, 4.69) is 17.3 Å². The van der Waals surface area contributed by atoms with E-state index in [0.29, 0.717) is 25.4 Å². The summed E-state index contributed by atoms with van der Waals surface area (Å²) < 4.78 is 5.23. The lowest BCUT2D eigenvalue weighted by molar-refractivity contribution is -0.138. The average molecular weight is 435 g/mol. The Bertz CT molecular complexity index is 686. The fourth-order valence-corrected chi connectivity index (χ4v) is 4.07. The molecule has 174 valence electrons. The number of nitrogens with zero attached hydrogens (tertiary/aromatic N) is 3. The summed E-state index contributed by atoms with van der Waals surface area (Å²) in [6.07, 6.45) is 5.04. The smallest absolute Gasteiger partial charge is 0.289 e. The van der Waals surface area contributed by atoms with Crippen LogP contribution in [0.25, 0.3) is 0 Å². The molecule has 0 bridgehead atoms. The Kier molecular flexibility index (Phi) is 10.2. The number of hydrogen-bond acceptors (Lipinski definition) is 6. The van der Waals surface area contributed by atoms with Gasteiger partial charge in [0.1, 0.15) is 12.3 Å². The molecule has 0 aromatic carbocycles. The predicted octanol–water partition coefficient (Wildman–Crippen LogP) is 1.73. The van der Waals surface area contributed by atoms with E-state index in [9.17, 15) is 14.4 Å². The fourth-order valence-electron chi connectivity index (χ4n) is 4.07. The van der Waals surface area contributed by atoms with Crippen LogP contribution in [0, 0.1) is 11.8 Å². The molecule has 0 radical (unpaired) electrons. The summed E-state index contributed by atoms with van der Waals surface area (Å²) >= 11 is 0. The molecule has 2 amide bonds. The van der Waals surface area contributed by atoms with Crippen molar-refractivity contribution >= 4 is 18.1 Å². The SMILES string of the molecule is CC(C)CC(C(=O)N(CC=O)CCN(C)CC1CCNCC1)N(C)C(=O)c1ccco1. The van der Waals surface area contributed by atoms with Crippen LogP contribution in [0.4, 0.5) is 0 Å². The topological polar surface area (TPSA) is 86.1 Å². The molecule has 1 fully saturated rings. The number of carbonyl (C=O) groups is 3. The Balaban J connectivity index is 2.03. The molecule has 31 heavy (non-hydrogen) atoms. The van der Waals surface area contributed by atoms with Crippen molar-refractivity contribution < 1.29 is 18.8 Å². The Hall–Kier alpha value is -2.19. The molecule has 1 N–H and O–H groups in total. The molecule has 2 rings (SSSR count). The van der Waals surface area contributed by atoms with Crippen molar-refractivity contribution in [3.05, 3.63) is 24.2 Å². The van der Waals surface area contributed by atoms with E-state index >= 15 is 0 Å². The second-order valence-electron chi connectivity index (χ2n) is 8.95. The minimum atomic E-state index is -0.646. The molecule has 0 spiro atoms. The molecular weight excluding hydrogens is 396 g/mol. The molecule has 0 aliphatic carbocycles. The van der Waals surface area contributed by atoms with Crippen molar-refractivity contribution in [3.63, 3.8) is 0 Å². The van der Waals surface area contributed by atoms with Gasteiger partial charge in [-0.3, -0.25) is 9.59 Å². The Labute approximate surface area is 185 Å². The molecule has 1 aromatic heterocycles. The van der Waals surface area contributed by atoms with Crippen molar-refractivity contribution in [1.29, 1.82) is 0 Å². The maximum absolute atomic E-state index is 13.4. The normalized spacial score (nSPS) is 15.8. The molecule has 2 heterocycles. The maximum atomic E-state index is 13.4. The average Bonchev–Trinajstić information content (AvgIpc) is 3.29. The Morgan fingerprint density at radius 3 is 2.52 bits per heavy atom. The number of piperidine rings is 1. The van der Waals surface area contributed by atoms with Crippen LogP contribution in [0.5, 0.6) is 0 Å². The monoisotopic (exact) mass is 434 g/mol. The Morgan fingerprint density at radius 2 is 1.94 bits per heavy atom. The number of carbonyl (C=O) groups excluding carboxylic acids is 3. The minimum absolute atomic E-state index is 0.0252. The first-order valence-corrected chi connectivity index (χ1v) is 11.3. The standard InChI is InChI=1S/C23H38N4O4/c1-18(2)16-20(26(4)23(30)21-6-5-15-31-21)22(29)27(13-14-28)12-11-25(3)17-19-7-9-24-10-8-19/h5-6,14-15,18-20,24H,7-13,16-17H2,1-4H3. The fraction of sp³-hybridized carbons (Fsp3) is 0.696. The first-order valence-electron chi connectivity index (χ1n) is 11.3. The van der Waals surface area contributed by atoms with Gasteiger partial charge < -0.3 is 29.2 Å². The van der Waals surface area contributed by atoms with Gasteiger partial charge in [-0.1, -0.05) is 13.8 Å². The first kappa shape index (κ1) is 25.1. The van der Waals surface area contributed by atoms with Crippen LogP contribution >= 0.6 is 0 Å². The number of nitrogens with one attached hydrogen (secondary N) is 1. The van der Waals surface area contributed by atoms with E-state index in [1.165, 1.54) is 11.2 Å². The van der Waals surface area contributed by atoms with Crippen LogP contribution in [0.15, 0.2) is 22.8 Å². The van der Waals surface area contributed by atoms with Crippen LogP contribution < -0.4 is 5.32 Å². The highest BCUT2D eigenvalue weighted by atomic mass is 16.3. The summed E-state index contributed by atoms with van der Waals surface area (Å²) in [7, 11) is 3.68. The van der Waals surface area contributed by atoms with Crippen LogP contribution in [-0.2, 0) is 9.59 Å². The number of amides is 2. The van der Waals surface area contributed by atoms with Crippen molar-refractivity contribution in [2.24, 2.45) is 11.8 Å². The molecule has 1 aliphatic rings. The van der Waals surface area contributed by atoms with Gasteiger partial charge in [-0.15, -0.1) is 0 Å². The van der Waals surface area contributed by atoms with Gasteiger partial charge >= 0.3 is 0 Å². The highest BCUT2D eigenvalue weighted by Crippen LogP contribution is 2.17. The van der Waals surface area contributed by atoms with Crippen molar-refractivity contribution in [3.8, 4) is 0 Å². The third-order valence-electron chi connectivity index (χ3n) is 5.89. The van der Waals surface area contributed by atoms with Gasteiger partial charge in [-0.25, -0.2) is 0 Å². The Morgan fingerprint density at radius 1 is 1.23 bits per heavy atom. The summed E-state index contributed by atoms with van der Waals surface area (Å²) in [5, 5.41) is 3.38. The lowest BCUT2D eigenvalue weighted by Crippen LogP contribution is -2.51. The number of rotatable bonds is 12. The van der Waals surface area contributed by atoms with Crippen LogP contribution in [-0.4, -0.2) is 92.2 Å². The zero-order valence-electron chi connectivity index (χ0n) is 19.4. The van der Waals surface area contributed by atoms with E-state index in [0.717, 1.165) is 38.8 Å². The van der Waals surface area contributed by atoms with Crippen LogP contribution in [0.2, 0.25) is 0 Å². The van der Waals surface area contributed by atoms with E-state index in [4.69, 9.17) is 4.42 Å². The lowest BCUT2D eigenvalue weighted by Gasteiger charge is -2.34. The minimum Gasteiger partial charge on any atom is -0.459 e. The summed E-state index contributed by atoms with van der Waals surface area (Å²) in [5.74, 6) is 0.540. The zero-order chi connectivity index (χ0) is 22.8. The molecule has 1 aliphatic heterocycles. The molecule has 8 nitrogen and oxygen atoms in total. The van der Waals surface area contributed by atoms with Crippen molar-refractivity contribution in [1.82, 2.24) is 20.0 Å². The molecule has 1 atom stereocenters. The molecule has 1 saturated heterocycles. The molecule has 8 heteroatoms. The van der Waals surface area contributed by atoms with Crippen molar-refractivity contribution in [2.75, 3.05) is 53.4 Å². The number of hydrogen-bond donors (Lipinski definition) is 1. The van der Waals surface area contributed by atoms with Gasteiger partial charge in [-0.2, -0.15) is 0 Å². The third kappa shape index (κ3) is 7.78.